The molecule has 18 nitrogen and oxygen atoms in total. The number of primary amides is 1. The maximum atomic E-state index is 10.5. The molecule has 0 radical (unpaired) electrons. The van der Waals surface area contributed by atoms with E-state index in [-0.39, 0.29) is 6.61 Å². The minimum atomic E-state index is -0.498. The lowest BCUT2D eigenvalue weighted by atomic mass is 10.6. The van der Waals surface area contributed by atoms with E-state index in [0.717, 1.165) is 0 Å². The molecule has 0 atom stereocenters. The molecule has 0 aliphatic heterocycles. The summed E-state index contributed by atoms with van der Waals surface area (Å²) in [6.45, 7) is 14.6. The zero-order valence-corrected chi connectivity index (χ0v) is 30.1. The molecular weight excluding hydrogens is 668 g/mol. The number of hydrogen-bond donors (Lipinski definition) is 2. The van der Waals surface area contributed by atoms with Gasteiger partial charge in [0.1, 0.15) is 6.61 Å². The molecule has 0 unspecified atom stereocenters. The Bertz CT molecular complexity index is 645. The SMILES string of the molecule is NCCOCCOCCOCCOCCOCCOCCOCCOCCOCCOCCOCCOCCOCCOCCOCC(N)=O. The molecule has 0 saturated heterocycles. The normalized spacial score (nSPS) is 11.5. The highest BCUT2D eigenvalue weighted by Gasteiger charge is 1.98. The lowest BCUT2D eigenvalue weighted by Gasteiger charge is -2.09. The molecule has 0 rings (SSSR count). The van der Waals surface area contributed by atoms with Gasteiger partial charge in [-0.3, -0.25) is 4.79 Å². The monoisotopic (exact) mass is 734 g/mol. The Hall–Kier alpha value is -1.17. The van der Waals surface area contributed by atoms with Crippen LogP contribution in [0.15, 0.2) is 0 Å². The van der Waals surface area contributed by atoms with E-state index in [0.29, 0.717) is 198 Å². The van der Waals surface area contributed by atoms with Crippen LogP contribution in [-0.2, 0) is 75.8 Å². The van der Waals surface area contributed by atoms with Gasteiger partial charge in [0.15, 0.2) is 0 Å². The quantitative estimate of drug-likeness (QED) is 0.0696. The fourth-order valence-electron chi connectivity index (χ4n) is 3.33. The molecule has 0 fully saturated rings. The van der Waals surface area contributed by atoms with Gasteiger partial charge in [0.25, 0.3) is 0 Å². The van der Waals surface area contributed by atoms with Gasteiger partial charge in [0.05, 0.1) is 192 Å². The molecule has 0 heterocycles. The first-order valence-electron chi connectivity index (χ1n) is 17.4. The van der Waals surface area contributed by atoms with Crippen LogP contribution in [0.3, 0.4) is 0 Å². The molecule has 0 aliphatic carbocycles. The van der Waals surface area contributed by atoms with Gasteiger partial charge in [-0.15, -0.1) is 0 Å². The van der Waals surface area contributed by atoms with E-state index in [1.165, 1.54) is 0 Å². The number of hydrogen-bond acceptors (Lipinski definition) is 17. The van der Waals surface area contributed by atoms with Crippen molar-refractivity contribution >= 4 is 5.91 Å². The minimum absolute atomic E-state index is 0.0979. The Morgan fingerprint density at radius 3 is 0.540 bits per heavy atom. The maximum absolute atomic E-state index is 10.5. The van der Waals surface area contributed by atoms with Crippen LogP contribution in [0, 0.1) is 0 Å². The van der Waals surface area contributed by atoms with Crippen molar-refractivity contribution in [3.63, 3.8) is 0 Å². The molecule has 0 saturated carbocycles. The van der Waals surface area contributed by atoms with Crippen LogP contribution in [0.5, 0.6) is 0 Å². The number of carbonyl (C=O) groups is 1. The first-order chi connectivity index (χ1) is 24.8. The van der Waals surface area contributed by atoms with E-state index >= 15 is 0 Å². The first-order valence-corrected chi connectivity index (χ1v) is 17.4. The molecule has 4 N–H and O–H groups in total. The third-order valence-corrected chi connectivity index (χ3v) is 5.71. The fourth-order valence-corrected chi connectivity index (χ4v) is 3.33. The van der Waals surface area contributed by atoms with E-state index in [1.807, 2.05) is 0 Å². The van der Waals surface area contributed by atoms with Crippen molar-refractivity contribution < 1.29 is 75.8 Å². The van der Waals surface area contributed by atoms with Gasteiger partial charge in [-0.1, -0.05) is 0 Å². The van der Waals surface area contributed by atoms with Crippen molar-refractivity contribution in [2.24, 2.45) is 11.5 Å². The summed E-state index contributed by atoms with van der Waals surface area (Å²) in [5.41, 5.74) is 10.3. The summed E-state index contributed by atoms with van der Waals surface area (Å²) in [5.74, 6) is -0.498. The summed E-state index contributed by atoms with van der Waals surface area (Å²) >= 11 is 0. The van der Waals surface area contributed by atoms with E-state index in [2.05, 4.69) is 0 Å². The van der Waals surface area contributed by atoms with Gasteiger partial charge in [-0.05, 0) is 0 Å². The average molecular weight is 735 g/mol. The molecule has 0 aromatic rings. The van der Waals surface area contributed by atoms with Crippen LogP contribution in [0.2, 0.25) is 0 Å². The predicted octanol–water partition coefficient (Wildman–Crippen LogP) is -1.32. The molecule has 0 aromatic heterocycles. The lowest BCUT2D eigenvalue weighted by molar-refractivity contribution is -0.123. The van der Waals surface area contributed by atoms with Gasteiger partial charge < -0.3 is 82.5 Å². The molecule has 0 bridgehead atoms. The van der Waals surface area contributed by atoms with E-state index < -0.39 is 5.91 Å². The van der Waals surface area contributed by atoms with Crippen LogP contribution in [0.4, 0.5) is 0 Å². The van der Waals surface area contributed by atoms with Gasteiger partial charge in [-0.2, -0.15) is 0 Å². The molecular formula is C32H66N2O16. The Kier molecular flexibility index (Phi) is 44.8. The topological polar surface area (TPSA) is 208 Å². The van der Waals surface area contributed by atoms with Crippen molar-refractivity contribution in [1.29, 1.82) is 0 Å². The standard InChI is InChI=1S/C32H66N2O16/c33-1-2-36-3-4-37-5-6-38-7-8-39-9-10-40-11-12-41-13-14-42-15-16-43-17-18-44-19-20-45-21-22-46-23-24-47-25-26-48-27-28-49-29-30-50-31-32(34)35/h1-31,33H2,(H2,34,35). The van der Waals surface area contributed by atoms with Crippen molar-refractivity contribution in [2.45, 2.75) is 0 Å². The zero-order valence-electron chi connectivity index (χ0n) is 30.1. The minimum Gasteiger partial charge on any atom is -0.378 e. The smallest absolute Gasteiger partial charge is 0.243 e. The van der Waals surface area contributed by atoms with Crippen molar-refractivity contribution in [2.75, 3.05) is 205 Å². The second-order valence-corrected chi connectivity index (χ2v) is 9.88. The Balaban J connectivity index is 3.05. The Morgan fingerprint density at radius 1 is 0.260 bits per heavy atom. The van der Waals surface area contributed by atoms with Gasteiger partial charge in [-0.25, -0.2) is 0 Å². The fraction of sp³-hybridized carbons (Fsp3) is 0.969. The summed E-state index contributed by atoms with van der Waals surface area (Å²) in [6.07, 6.45) is 0. The van der Waals surface area contributed by atoms with E-state index in [1.54, 1.807) is 0 Å². The number of ether oxygens (including phenoxy) is 15. The number of rotatable bonds is 46. The molecule has 1 amide bonds. The molecule has 0 aromatic carbocycles. The molecule has 300 valence electrons. The molecule has 18 heteroatoms. The largest absolute Gasteiger partial charge is 0.378 e. The highest BCUT2D eigenvalue weighted by Crippen LogP contribution is 1.88. The number of amides is 1. The van der Waals surface area contributed by atoms with Crippen LogP contribution in [0.1, 0.15) is 0 Å². The van der Waals surface area contributed by atoms with Crippen molar-refractivity contribution in [3.8, 4) is 0 Å². The summed E-state index contributed by atoms with van der Waals surface area (Å²) in [5, 5.41) is 0. The lowest BCUT2D eigenvalue weighted by Crippen LogP contribution is -2.20. The first kappa shape index (κ1) is 48.8. The highest BCUT2D eigenvalue weighted by molar-refractivity contribution is 5.74. The van der Waals surface area contributed by atoms with Gasteiger partial charge in [0, 0.05) is 6.54 Å². The third-order valence-electron chi connectivity index (χ3n) is 5.71. The van der Waals surface area contributed by atoms with Crippen LogP contribution in [0.25, 0.3) is 0 Å². The summed E-state index contributed by atoms with van der Waals surface area (Å²) in [4.78, 5) is 10.5. The second-order valence-electron chi connectivity index (χ2n) is 9.88. The van der Waals surface area contributed by atoms with Gasteiger partial charge >= 0.3 is 0 Å². The molecule has 50 heavy (non-hydrogen) atoms. The molecule has 0 aliphatic rings. The summed E-state index contributed by atoms with van der Waals surface area (Å²) < 4.78 is 80.8. The van der Waals surface area contributed by atoms with E-state index in [4.69, 9.17) is 82.5 Å². The van der Waals surface area contributed by atoms with Crippen LogP contribution < -0.4 is 11.5 Å². The average Bonchev–Trinajstić information content (AvgIpc) is 3.11. The number of nitrogens with two attached hydrogens (primary N) is 2. The highest BCUT2D eigenvalue weighted by atomic mass is 16.6. The number of carbonyl (C=O) groups excluding carboxylic acids is 1. The van der Waals surface area contributed by atoms with Gasteiger partial charge in [0.2, 0.25) is 5.91 Å². The van der Waals surface area contributed by atoms with Crippen LogP contribution >= 0.6 is 0 Å². The maximum Gasteiger partial charge on any atom is 0.243 e. The second kappa shape index (κ2) is 45.9. The van der Waals surface area contributed by atoms with Crippen molar-refractivity contribution in [3.05, 3.63) is 0 Å². The Labute approximate surface area is 298 Å². The summed E-state index contributed by atoms with van der Waals surface area (Å²) in [6, 6.07) is 0. The predicted molar refractivity (Wildman–Crippen MR) is 181 cm³/mol. The summed E-state index contributed by atoms with van der Waals surface area (Å²) in [7, 11) is 0. The van der Waals surface area contributed by atoms with Crippen LogP contribution in [-0.4, -0.2) is 211 Å². The molecule has 0 spiro atoms. The van der Waals surface area contributed by atoms with E-state index in [9.17, 15) is 4.79 Å². The third kappa shape index (κ3) is 46.8. The van der Waals surface area contributed by atoms with Crippen molar-refractivity contribution in [1.82, 2.24) is 0 Å². The zero-order chi connectivity index (χ0) is 36.1. The Morgan fingerprint density at radius 2 is 0.400 bits per heavy atom.